The van der Waals surface area contributed by atoms with Crippen LogP contribution in [0.25, 0.3) is 0 Å². The molecular formula is C20H24N2O4S. The maximum Gasteiger partial charge on any atom is 0.322 e. The van der Waals surface area contributed by atoms with Crippen LogP contribution in [0.2, 0.25) is 0 Å². The predicted octanol–water partition coefficient (Wildman–Crippen LogP) is 3.61. The lowest BCUT2D eigenvalue weighted by Crippen LogP contribution is -2.34. The third kappa shape index (κ3) is 4.80. The van der Waals surface area contributed by atoms with Crippen LogP contribution < -0.4 is 10.1 Å². The molecule has 2 aromatic carbocycles. The molecule has 1 atom stereocenters. The molecule has 0 aliphatic carbocycles. The monoisotopic (exact) mass is 388 g/mol. The van der Waals surface area contributed by atoms with Gasteiger partial charge in [0.25, 0.3) is 0 Å². The van der Waals surface area contributed by atoms with Crippen LogP contribution in [0.3, 0.4) is 0 Å². The first-order valence-corrected chi connectivity index (χ1v) is 10.9. The maximum atomic E-state index is 12.9. The first kappa shape index (κ1) is 19.2. The zero-order valence-electron chi connectivity index (χ0n) is 15.5. The molecule has 1 aliphatic heterocycles. The van der Waals surface area contributed by atoms with Gasteiger partial charge in [-0.05, 0) is 42.2 Å². The summed E-state index contributed by atoms with van der Waals surface area (Å²) >= 11 is 0. The van der Waals surface area contributed by atoms with Gasteiger partial charge in [0, 0.05) is 18.5 Å². The van der Waals surface area contributed by atoms with E-state index >= 15 is 0 Å². The number of carbonyl (C=O) groups excluding carboxylic acids is 1. The summed E-state index contributed by atoms with van der Waals surface area (Å²) < 4.78 is 28.5. The summed E-state index contributed by atoms with van der Waals surface area (Å²) in [6.45, 7) is 0.663. The summed E-state index contributed by atoms with van der Waals surface area (Å²) in [7, 11) is -1.57. The molecule has 1 unspecified atom stereocenters. The Balaban J connectivity index is 1.77. The molecule has 0 bridgehead atoms. The number of nitrogens with zero attached hydrogens (tertiary/aromatic N) is 1. The zero-order valence-corrected chi connectivity index (χ0v) is 16.3. The van der Waals surface area contributed by atoms with Crippen molar-refractivity contribution in [2.24, 2.45) is 0 Å². The molecule has 144 valence electrons. The zero-order chi connectivity index (χ0) is 19.4. The molecule has 7 heteroatoms. The van der Waals surface area contributed by atoms with Crippen molar-refractivity contribution in [3.8, 4) is 5.75 Å². The first-order valence-electron chi connectivity index (χ1n) is 8.84. The van der Waals surface area contributed by atoms with E-state index in [2.05, 4.69) is 5.32 Å². The van der Waals surface area contributed by atoms with Crippen LogP contribution in [0.1, 0.15) is 30.0 Å². The fourth-order valence-corrected chi connectivity index (χ4v) is 4.24. The Morgan fingerprint density at radius 2 is 1.89 bits per heavy atom. The van der Waals surface area contributed by atoms with E-state index in [4.69, 9.17) is 4.74 Å². The largest absolute Gasteiger partial charge is 0.497 e. The smallest absolute Gasteiger partial charge is 0.322 e. The number of nitrogens with one attached hydrogen (secondary N) is 1. The van der Waals surface area contributed by atoms with Gasteiger partial charge in [-0.25, -0.2) is 13.2 Å². The SMILES string of the molecule is COc1ccc(C2CCCN2C(=O)Nc2ccccc2CS(C)(=O)=O)cc1. The van der Waals surface area contributed by atoms with Gasteiger partial charge >= 0.3 is 6.03 Å². The summed E-state index contributed by atoms with van der Waals surface area (Å²) in [6.07, 6.45) is 3.01. The second-order valence-corrected chi connectivity index (χ2v) is 8.92. The number of amides is 2. The third-order valence-electron chi connectivity index (χ3n) is 4.69. The molecule has 6 nitrogen and oxygen atoms in total. The lowest BCUT2D eigenvalue weighted by atomic mass is 10.0. The van der Waals surface area contributed by atoms with E-state index in [1.807, 2.05) is 24.3 Å². The molecule has 1 N–H and O–H groups in total. The number of urea groups is 1. The van der Waals surface area contributed by atoms with Crippen molar-refractivity contribution in [2.45, 2.75) is 24.6 Å². The van der Waals surface area contributed by atoms with Gasteiger partial charge in [0.05, 0.1) is 18.9 Å². The molecule has 0 saturated carbocycles. The Morgan fingerprint density at radius 1 is 1.19 bits per heavy atom. The quantitative estimate of drug-likeness (QED) is 0.849. The van der Waals surface area contributed by atoms with Crippen LogP contribution in [0.15, 0.2) is 48.5 Å². The lowest BCUT2D eigenvalue weighted by molar-refractivity contribution is 0.207. The Bertz CT molecular complexity index is 910. The number of para-hydroxylation sites is 1. The molecule has 1 saturated heterocycles. The van der Waals surface area contributed by atoms with E-state index < -0.39 is 9.84 Å². The van der Waals surface area contributed by atoms with Gasteiger partial charge in [0.1, 0.15) is 5.75 Å². The van der Waals surface area contributed by atoms with E-state index in [1.165, 1.54) is 6.26 Å². The normalized spacial score (nSPS) is 17.0. The number of benzene rings is 2. The Kier molecular flexibility index (Phi) is 5.70. The third-order valence-corrected chi connectivity index (χ3v) is 5.53. The number of anilines is 1. The minimum absolute atomic E-state index is 0.00187. The molecule has 2 amide bonds. The highest BCUT2D eigenvalue weighted by Gasteiger charge is 2.30. The Labute approximate surface area is 160 Å². The predicted molar refractivity (Wildman–Crippen MR) is 106 cm³/mol. The van der Waals surface area contributed by atoms with Crippen LogP contribution in [0.4, 0.5) is 10.5 Å². The van der Waals surface area contributed by atoms with Gasteiger partial charge in [-0.2, -0.15) is 0 Å². The molecule has 0 radical (unpaired) electrons. The topological polar surface area (TPSA) is 75.7 Å². The molecule has 27 heavy (non-hydrogen) atoms. The van der Waals surface area contributed by atoms with Crippen molar-refractivity contribution in [1.29, 1.82) is 0 Å². The number of hydrogen-bond donors (Lipinski definition) is 1. The van der Waals surface area contributed by atoms with Crippen LogP contribution in [-0.2, 0) is 15.6 Å². The minimum atomic E-state index is -3.19. The van der Waals surface area contributed by atoms with E-state index in [0.29, 0.717) is 17.8 Å². The molecule has 1 aliphatic rings. The summed E-state index contributed by atoms with van der Waals surface area (Å²) in [5.41, 5.74) is 2.19. The Morgan fingerprint density at radius 3 is 2.56 bits per heavy atom. The summed E-state index contributed by atoms with van der Waals surface area (Å²) in [4.78, 5) is 14.7. The number of methoxy groups -OCH3 is 1. The number of likely N-dealkylation sites (tertiary alicyclic amines) is 1. The lowest BCUT2D eigenvalue weighted by Gasteiger charge is -2.26. The van der Waals surface area contributed by atoms with Crippen LogP contribution in [0, 0.1) is 0 Å². The van der Waals surface area contributed by atoms with E-state index in [9.17, 15) is 13.2 Å². The van der Waals surface area contributed by atoms with Gasteiger partial charge < -0.3 is 15.0 Å². The molecule has 0 spiro atoms. The average molecular weight is 388 g/mol. The van der Waals surface area contributed by atoms with E-state index in [-0.39, 0.29) is 17.8 Å². The highest BCUT2D eigenvalue weighted by molar-refractivity contribution is 7.89. The summed E-state index contributed by atoms with van der Waals surface area (Å²) in [6, 6.07) is 14.5. The van der Waals surface area contributed by atoms with Crippen molar-refractivity contribution in [3.63, 3.8) is 0 Å². The van der Waals surface area contributed by atoms with Crippen molar-refractivity contribution >= 4 is 21.6 Å². The second-order valence-electron chi connectivity index (χ2n) is 6.78. The van der Waals surface area contributed by atoms with Gasteiger partial charge in [0.2, 0.25) is 0 Å². The van der Waals surface area contributed by atoms with Crippen LogP contribution in [-0.4, -0.2) is 39.3 Å². The second kappa shape index (κ2) is 8.00. The highest BCUT2D eigenvalue weighted by Crippen LogP contribution is 2.33. The van der Waals surface area contributed by atoms with Crippen LogP contribution >= 0.6 is 0 Å². The summed E-state index contributed by atoms with van der Waals surface area (Å²) in [5, 5.41) is 2.90. The number of hydrogen-bond acceptors (Lipinski definition) is 4. The average Bonchev–Trinajstić information content (AvgIpc) is 3.12. The van der Waals surface area contributed by atoms with Gasteiger partial charge in [-0.15, -0.1) is 0 Å². The van der Waals surface area contributed by atoms with Crippen molar-refractivity contribution in [1.82, 2.24) is 4.90 Å². The number of rotatable bonds is 5. The van der Waals surface area contributed by atoms with Gasteiger partial charge in [0.15, 0.2) is 9.84 Å². The number of sulfone groups is 1. The molecule has 3 rings (SSSR count). The highest BCUT2D eigenvalue weighted by atomic mass is 32.2. The fraction of sp³-hybridized carbons (Fsp3) is 0.350. The van der Waals surface area contributed by atoms with Crippen LogP contribution in [0.5, 0.6) is 5.75 Å². The summed E-state index contributed by atoms with van der Waals surface area (Å²) in [5.74, 6) is 0.674. The van der Waals surface area contributed by atoms with Crippen molar-refractivity contribution < 1.29 is 17.9 Å². The van der Waals surface area contributed by atoms with E-state index in [1.54, 1.807) is 36.3 Å². The van der Waals surface area contributed by atoms with Gasteiger partial charge in [-0.1, -0.05) is 30.3 Å². The Hall–Kier alpha value is -2.54. The minimum Gasteiger partial charge on any atom is -0.497 e. The van der Waals surface area contributed by atoms with E-state index in [0.717, 1.165) is 24.2 Å². The molecular weight excluding hydrogens is 364 g/mol. The number of ether oxygens (including phenoxy) is 1. The molecule has 0 aromatic heterocycles. The fourth-order valence-electron chi connectivity index (χ4n) is 3.42. The van der Waals surface area contributed by atoms with Crippen molar-refractivity contribution in [2.75, 3.05) is 25.2 Å². The molecule has 1 heterocycles. The van der Waals surface area contributed by atoms with Crippen molar-refractivity contribution in [3.05, 3.63) is 59.7 Å². The molecule has 2 aromatic rings. The molecule has 1 fully saturated rings. The van der Waals surface area contributed by atoms with Gasteiger partial charge in [-0.3, -0.25) is 0 Å². The number of carbonyl (C=O) groups is 1. The first-order chi connectivity index (χ1) is 12.9. The standard InChI is InChI=1S/C20H24N2O4S/c1-26-17-11-9-15(10-12-17)19-8-5-13-22(19)20(23)21-18-7-4-3-6-16(18)14-27(2,24)25/h3-4,6-7,9-12,19H,5,8,13-14H2,1-2H3,(H,21,23). The maximum absolute atomic E-state index is 12.9.